The van der Waals surface area contributed by atoms with Crippen LogP contribution in [0.25, 0.3) is 0 Å². The fraction of sp³-hybridized carbons (Fsp3) is 0.333. The summed E-state index contributed by atoms with van der Waals surface area (Å²) in [6.07, 6.45) is -0.384. The number of amides is 1. The van der Waals surface area contributed by atoms with Crippen molar-refractivity contribution in [1.29, 1.82) is 0 Å². The van der Waals surface area contributed by atoms with Gasteiger partial charge in [-0.2, -0.15) is 4.68 Å². The number of aliphatic hydroxyl groups is 1. The molecular weight excluding hydrogens is 138 g/mol. The first-order valence-corrected chi connectivity index (χ1v) is 2.41. The molecule has 1 aromatic rings. The van der Waals surface area contributed by atoms with Crippen LogP contribution >= 0.6 is 0 Å². The summed E-state index contributed by atoms with van der Waals surface area (Å²) in [6.45, 7) is 0. The molecule has 1 unspecified atom stereocenters. The summed E-state index contributed by atoms with van der Waals surface area (Å²) < 4.78 is 0.850. The van der Waals surface area contributed by atoms with E-state index in [1.807, 2.05) is 0 Å². The van der Waals surface area contributed by atoms with E-state index in [0.29, 0.717) is 0 Å². The number of tetrazole rings is 1. The molecule has 1 heterocycles. The molecule has 1 rings (SSSR count). The van der Waals surface area contributed by atoms with Crippen LogP contribution in [0.3, 0.4) is 0 Å². The molecule has 0 saturated heterocycles. The lowest BCUT2D eigenvalue weighted by Crippen LogP contribution is -2.26. The van der Waals surface area contributed by atoms with Crippen LogP contribution in [-0.2, 0) is 4.79 Å². The maximum Gasteiger partial charge on any atom is 0.269 e. The summed E-state index contributed by atoms with van der Waals surface area (Å²) in [5.41, 5.74) is 4.72. The number of nitrogens with zero attached hydrogens (tertiary/aromatic N) is 4. The monoisotopic (exact) mass is 143 g/mol. The SMILES string of the molecule is NC(=O)C(O)n1cnnn1. The summed E-state index contributed by atoms with van der Waals surface area (Å²) in [5, 5.41) is 18.5. The van der Waals surface area contributed by atoms with Crippen molar-refractivity contribution >= 4 is 5.91 Å². The van der Waals surface area contributed by atoms with Crippen LogP contribution in [0.2, 0.25) is 0 Å². The van der Waals surface area contributed by atoms with Gasteiger partial charge in [0.1, 0.15) is 6.33 Å². The van der Waals surface area contributed by atoms with Gasteiger partial charge < -0.3 is 10.8 Å². The van der Waals surface area contributed by atoms with E-state index in [9.17, 15) is 4.79 Å². The van der Waals surface area contributed by atoms with E-state index < -0.39 is 12.1 Å². The summed E-state index contributed by atoms with van der Waals surface area (Å²) in [6, 6.07) is 0. The Kier molecular flexibility index (Phi) is 1.59. The van der Waals surface area contributed by atoms with Crippen molar-refractivity contribution in [2.45, 2.75) is 6.23 Å². The van der Waals surface area contributed by atoms with Crippen LogP contribution < -0.4 is 5.73 Å². The summed E-state index contributed by atoms with van der Waals surface area (Å²) in [5.74, 6) is -0.896. The molecule has 3 N–H and O–H groups in total. The number of hydrogen-bond acceptors (Lipinski definition) is 5. The Morgan fingerprint density at radius 3 is 2.90 bits per heavy atom. The van der Waals surface area contributed by atoms with Crippen LogP contribution in [-0.4, -0.2) is 31.2 Å². The van der Waals surface area contributed by atoms with Gasteiger partial charge in [0.2, 0.25) is 6.23 Å². The highest BCUT2D eigenvalue weighted by Gasteiger charge is 2.12. The van der Waals surface area contributed by atoms with Crippen molar-refractivity contribution in [3.8, 4) is 0 Å². The van der Waals surface area contributed by atoms with Crippen LogP contribution in [0.5, 0.6) is 0 Å². The molecular formula is C3H5N5O2. The van der Waals surface area contributed by atoms with E-state index in [4.69, 9.17) is 10.8 Å². The molecule has 0 aliphatic heterocycles. The van der Waals surface area contributed by atoms with E-state index in [0.717, 1.165) is 11.0 Å². The second-order valence-electron chi connectivity index (χ2n) is 1.57. The molecule has 7 nitrogen and oxygen atoms in total. The zero-order chi connectivity index (χ0) is 7.56. The minimum absolute atomic E-state index is 0.850. The first kappa shape index (κ1) is 6.62. The maximum atomic E-state index is 10.3. The first-order valence-electron chi connectivity index (χ1n) is 2.41. The summed E-state index contributed by atoms with van der Waals surface area (Å²) in [4.78, 5) is 10.3. The van der Waals surface area contributed by atoms with E-state index in [-0.39, 0.29) is 0 Å². The molecule has 0 aromatic carbocycles. The smallest absolute Gasteiger partial charge is 0.269 e. The predicted octanol–water partition coefficient (Wildman–Crippen LogP) is -2.35. The summed E-state index contributed by atoms with van der Waals surface area (Å²) >= 11 is 0. The number of carbonyl (C=O) groups excluding carboxylic acids is 1. The third-order valence-corrected chi connectivity index (χ3v) is 0.870. The standard InChI is InChI=1S/C3H5N5O2/c4-2(9)3(10)8-1-5-6-7-8/h1,3,10H,(H2,4,9). The zero-order valence-corrected chi connectivity index (χ0v) is 4.88. The van der Waals surface area contributed by atoms with Gasteiger partial charge in [-0.15, -0.1) is 5.10 Å². The molecule has 0 saturated carbocycles. The van der Waals surface area contributed by atoms with Crippen LogP contribution in [0, 0.1) is 0 Å². The minimum atomic E-state index is -1.48. The van der Waals surface area contributed by atoms with Crippen molar-refractivity contribution in [2.75, 3.05) is 0 Å². The number of carbonyl (C=O) groups is 1. The molecule has 1 aromatic heterocycles. The van der Waals surface area contributed by atoms with Crippen LogP contribution in [0.4, 0.5) is 0 Å². The van der Waals surface area contributed by atoms with Gasteiger partial charge in [-0.05, 0) is 10.4 Å². The first-order chi connectivity index (χ1) is 4.72. The summed E-state index contributed by atoms with van der Waals surface area (Å²) in [7, 11) is 0. The van der Waals surface area contributed by atoms with Gasteiger partial charge in [0, 0.05) is 0 Å². The molecule has 0 radical (unpaired) electrons. The molecule has 0 aliphatic rings. The Morgan fingerprint density at radius 2 is 2.50 bits per heavy atom. The van der Waals surface area contributed by atoms with Gasteiger partial charge in [-0.3, -0.25) is 4.79 Å². The van der Waals surface area contributed by atoms with Crippen molar-refractivity contribution in [1.82, 2.24) is 20.2 Å². The number of aromatic nitrogens is 4. The molecule has 0 aliphatic carbocycles. The Morgan fingerprint density at radius 1 is 1.80 bits per heavy atom. The van der Waals surface area contributed by atoms with Crippen LogP contribution in [0.15, 0.2) is 6.33 Å². The number of primary amides is 1. The van der Waals surface area contributed by atoms with Gasteiger partial charge in [-0.25, -0.2) is 0 Å². The highest BCUT2D eigenvalue weighted by molar-refractivity contribution is 5.76. The molecule has 1 amide bonds. The lowest BCUT2D eigenvalue weighted by atomic mass is 10.5. The van der Waals surface area contributed by atoms with Crippen molar-refractivity contribution in [2.24, 2.45) is 5.73 Å². The van der Waals surface area contributed by atoms with E-state index >= 15 is 0 Å². The maximum absolute atomic E-state index is 10.3. The molecule has 7 heteroatoms. The zero-order valence-electron chi connectivity index (χ0n) is 4.88. The van der Waals surface area contributed by atoms with Gasteiger partial charge in [0.05, 0.1) is 0 Å². The Balaban J connectivity index is 2.77. The number of aliphatic hydroxyl groups excluding tert-OH is 1. The average molecular weight is 143 g/mol. The molecule has 1 atom stereocenters. The largest absolute Gasteiger partial charge is 0.366 e. The van der Waals surface area contributed by atoms with E-state index in [1.54, 1.807) is 0 Å². The second kappa shape index (κ2) is 2.40. The fourth-order valence-corrected chi connectivity index (χ4v) is 0.411. The van der Waals surface area contributed by atoms with Crippen molar-refractivity contribution in [3.63, 3.8) is 0 Å². The normalized spacial score (nSPS) is 12.9. The van der Waals surface area contributed by atoms with Crippen LogP contribution in [0.1, 0.15) is 6.23 Å². The van der Waals surface area contributed by atoms with E-state index in [1.165, 1.54) is 0 Å². The average Bonchev–Trinajstić information content (AvgIpc) is 2.36. The van der Waals surface area contributed by atoms with Gasteiger partial charge in [-0.1, -0.05) is 0 Å². The van der Waals surface area contributed by atoms with Gasteiger partial charge >= 0.3 is 0 Å². The lowest BCUT2D eigenvalue weighted by molar-refractivity contribution is -0.131. The molecule has 10 heavy (non-hydrogen) atoms. The van der Waals surface area contributed by atoms with E-state index in [2.05, 4.69) is 15.5 Å². The third-order valence-electron chi connectivity index (χ3n) is 0.870. The topological polar surface area (TPSA) is 107 Å². The Labute approximate surface area is 55.4 Å². The quantitative estimate of drug-likeness (QED) is 0.482. The predicted molar refractivity (Wildman–Crippen MR) is 28.3 cm³/mol. The highest BCUT2D eigenvalue weighted by Crippen LogP contribution is 1.93. The van der Waals surface area contributed by atoms with Crippen molar-refractivity contribution in [3.05, 3.63) is 6.33 Å². The highest BCUT2D eigenvalue weighted by atomic mass is 16.3. The number of hydrogen-bond donors (Lipinski definition) is 2. The number of rotatable bonds is 2. The Bertz CT molecular complexity index is 219. The van der Waals surface area contributed by atoms with Gasteiger partial charge in [0.15, 0.2) is 0 Å². The molecule has 54 valence electrons. The Hall–Kier alpha value is -1.50. The fourth-order valence-electron chi connectivity index (χ4n) is 0.411. The minimum Gasteiger partial charge on any atom is -0.366 e. The number of nitrogens with two attached hydrogens (primary N) is 1. The van der Waals surface area contributed by atoms with Gasteiger partial charge in [0.25, 0.3) is 5.91 Å². The second-order valence-corrected chi connectivity index (χ2v) is 1.57. The third kappa shape index (κ3) is 1.08. The lowest BCUT2D eigenvalue weighted by Gasteiger charge is -2.01. The molecule has 0 bridgehead atoms. The molecule has 0 fully saturated rings. The molecule has 0 spiro atoms. The van der Waals surface area contributed by atoms with Crippen molar-refractivity contribution < 1.29 is 9.90 Å².